The third kappa shape index (κ3) is 6.15. The van der Waals surface area contributed by atoms with Crippen LogP contribution in [0.5, 0.6) is 5.75 Å². The zero-order valence-corrected chi connectivity index (χ0v) is 15.5. The smallest absolute Gasteiger partial charge is 0.260 e. The molecular formula is C19H27N3O4. The molecule has 0 unspecified atom stereocenters. The number of ether oxygens (including phenoxy) is 1. The van der Waals surface area contributed by atoms with Gasteiger partial charge in [0, 0.05) is 38.3 Å². The lowest BCUT2D eigenvalue weighted by atomic mass is 10.1. The van der Waals surface area contributed by atoms with E-state index in [-0.39, 0.29) is 24.2 Å². The molecular weight excluding hydrogens is 334 g/mol. The molecule has 0 spiro atoms. The van der Waals surface area contributed by atoms with E-state index in [2.05, 4.69) is 10.2 Å². The molecule has 0 saturated carbocycles. The first-order valence-corrected chi connectivity index (χ1v) is 9.00. The quantitative estimate of drug-likeness (QED) is 0.697. The van der Waals surface area contributed by atoms with Crippen LogP contribution in [0.15, 0.2) is 24.3 Å². The summed E-state index contributed by atoms with van der Waals surface area (Å²) in [6.45, 7) is 7.10. The van der Waals surface area contributed by atoms with E-state index in [0.717, 1.165) is 6.42 Å². The van der Waals surface area contributed by atoms with E-state index in [4.69, 9.17) is 4.74 Å². The number of benzene rings is 1. The van der Waals surface area contributed by atoms with E-state index in [1.54, 1.807) is 29.2 Å². The summed E-state index contributed by atoms with van der Waals surface area (Å²) in [5.41, 5.74) is 0.614. The van der Waals surface area contributed by atoms with Crippen molar-refractivity contribution in [3.63, 3.8) is 0 Å². The molecule has 2 amide bonds. The van der Waals surface area contributed by atoms with Gasteiger partial charge >= 0.3 is 0 Å². The van der Waals surface area contributed by atoms with Gasteiger partial charge in [0.2, 0.25) is 5.91 Å². The Morgan fingerprint density at radius 3 is 2.31 bits per heavy atom. The second-order valence-electron chi connectivity index (χ2n) is 6.38. The second kappa shape index (κ2) is 9.91. The Balaban J connectivity index is 1.71. The van der Waals surface area contributed by atoms with Crippen LogP contribution in [0.4, 0.5) is 0 Å². The molecule has 1 aliphatic heterocycles. The lowest BCUT2D eigenvalue weighted by molar-refractivity contribution is -0.135. The minimum Gasteiger partial charge on any atom is -0.484 e. The number of Topliss-reactive ketones (excluding diaryl/α,β-unsaturated/α-hetero) is 1. The highest BCUT2D eigenvalue weighted by molar-refractivity contribution is 5.94. The van der Waals surface area contributed by atoms with Gasteiger partial charge in [-0.05, 0) is 37.6 Å². The summed E-state index contributed by atoms with van der Waals surface area (Å²) in [5.74, 6) is 0.517. The number of hydrogen-bond acceptors (Lipinski definition) is 5. The number of nitrogens with zero attached hydrogens (tertiary/aromatic N) is 2. The summed E-state index contributed by atoms with van der Waals surface area (Å²) in [6, 6.07) is 6.75. The maximum atomic E-state index is 12.3. The van der Waals surface area contributed by atoms with Gasteiger partial charge in [-0.2, -0.15) is 0 Å². The van der Waals surface area contributed by atoms with Crippen molar-refractivity contribution < 1.29 is 19.1 Å². The van der Waals surface area contributed by atoms with Gasteiger partial charge in [0.25, 0.3) is 5.91 Å². The van der Waals surface area contributed by atoms with Crippen molar-refractivity contribution in [3.8, 4) is 5.75 Å². The summed E-state index contributed by atoms with van der Waals surface area (Å²) < 4.78 is 5.51. The molecule has 0 bridgehead atoms. The van der Waals surface area contributed by atoms with Crippen LogP contribution in [0.2, 0.25) is 0 Å². The fraction of sp³-hybridized carbons (Fsp3) is 0.526. The Hall–Kier alpha value is -2.41. The zero-order valence-electron chi connectivity index (χ0n) is 15.5. The van der Waals surface area contributed by atoms with Crippen LogP contribution in [0, 0.1) is 0 Å². The fourth-order valence-electron chi connectivity index (χ4n) is 2.70. The maximum Gasteiger partial charge on any atom is 0.260 e. The van der Waals surface area contributed by atoms with Crippen molar-refractivity contribution in [2.75, 3.05) is 45.9 Å². The van der Waals surface area contributed by atoms with Crippen LogP contribution in [0.25, 0.3) is 0 Å². The third-order valence-corrected chi connectivity index (χ3v) is 4.29. The molecule has 7 nitrogen and oxygen atoms in total. The number of hydrogen-bond donors (Lipinski definition) is 1. The van der Waals surface area contributed by atoms with Crippen molar-refractivity contribution in [1.82, 2.24) is 15.1 Å². The number of piperazine rings is 1. The van der Waals surface area contributed by atoms with E-state index in [0.29, 0.717) is 50.6 Å². The SMILES string of the molecule is CCCNC(=O)CN1CCN(C(=O)COc2ccc(C(C)=O)cc2)CC1. The number of amides is 2. The molecule has 0 atom stereocenters. The molecule has 1 heterocycles. The van der Waals surface area contributed by atoms with Gasteiger partial charge in [0.15, 0.2) is 12.4 Å². The van der Waals surface area contributed by atoms with Crippen LogP contribution in [-0.4, -0.2) is 73.3 Å². The first-order valence-electron chi connectivity index (χ1n) is 9.00. The molecule has 1 N–H and O–H groups in total. The summed E-state index contributed by atoms with van der Waals surface area (Å²) in [5, 5.41) is 2.86. The van der Waals surface area contributed by atoms with Crippen molar-refractivity contribution in [2.24, 2.45) is 0 Å². The average Bonchev–Trinajstić information content (AvgIpc) is 2.65. The Morgan fingerprint density at radius 2 is 1.73 bits per heavy atom. The van der Waals surface area contributed by atoms with Gasteiger partial charge < -0.3 is 15.0 Å². The first-order chi connectivity index (χ1) is 12.5. The minimum atomic E-state index is -0.0734. The van der Waals surface area contributed by atoms with Crippen molar-refractivity contribution in [1.29, 1.82) is 0 Å². The molecule has 142 valence electrons. The monoisotopic (exact) mass is 361 g/mol. The van der Waals surface area contributed by atoms with Crippen LogP contribution in [0.3, 0.4) is 0 Å². The molecule has 0 aliphatic carbocycles. The highest BCUT2D eigenvalue weighted by atomic mass is 16.5. The van der Waals surface area contributed by atoms with E-state index >= 15 is 0 Å². The van der Waals surface area contributed by atoms with Gasteiger partial charge in [0.1, 0.15) is 5.75 Å². The Morgan fingerprint density at radius 1 is 1.08 bits per heavy atom. The highest BCUT2D eigenvalue weighted by Gasteiger charge is 2.22. The number of ketones is 1. The van der Waals surface area contributed by atoms with Crippen LogP contribution < -0.4 is 10.1 Å². The number of rotatable bonds is 8. The summed E-state index contributed by atoms with van der Waals surface area (Å²) in [7, 11) is 0. The third-order valence-electron chi connectivity index (χ3n) is 4.29. The molecule has 1 aromatic rings. The lowest BCUT2D eigenvalue weighted by Gasteiger charge is -2.34. The maximum absolute atomic E-state index is 12.3. The van der Waals surface area contributed by atoms with Crippen molar-refractivity contribution >= 4 is 17.6 Å². The van der Waals surface area contributed by atoms with E-state index < -0.39 is 0 Å². The molecule has 0 aromatic heterocycles. The summed E-state index contributed by atoms with van der Waals surface area (Å²) >= 11 is 0. The minimum absolute atomic E-state index is 0.00567. The van der Waals surface area contributed by atoms with Crippen molar-refractivity contribution in [2.45, 2.75) is 20.3 Å². The Kier molecular flexibility index (Phi) is 7.59. The topological polar surface area (TPSA) is 79.0 Å². The Bertz CT molecular complexity index is 622. The molecule has 1 aliphatic rings. The van der Waals surface area contributed by atoms with E-state index in [1.165, 1.54) is 6.92 Å². The molecule has 7 heteroatoms. The number of nitrogens with one attached hydrogen (secondary N) is 1. The van der Waals surface area contributed by atoms with Gasteiger partial charge in [-0.25, -0.2) is 0 Å². The fourth-order valence-corrected chi connectivity index (χ4v) is 2.70. The van der Waals surface area contributed by atoms with Gasteiger partial charge in [0.05, 0.1) is 6.54 Å². The van der Waals surface area contributed by atoms with Gasteiger partial charge in [-0.1, -0.05) is 6.92 Å². The van der Waals surface area contributed by atoms with Crippen LogP contribution in [-0.2, 0) is 9.59 Å². The number of carbonyl (C=O) groups is 3. The van der Waals surface area contributed by atoms with Gasteiger partial charge in [-0.3, -0.25) is 19.3 Å². The average molecular weight is 361 g/mol. The molecule has 0 radical (unpaired) electrons. The summed E-state index contributed by atoms with van der Waals surface area (Å²) in [4.78, 5) is 39.1. The van der Waals surface area contributed by atoms with Crippen molar-refractivity contribution in [3.05, 3.63) is 29.8 Å². The molecule has 26 heavy (non-hydrogen) atoms. The van der Waals surface area contributed by atoms with Crippen LogP contribution >= 0.6 is 0 Å². The largest absolute Gasteiger partial charge is 0.484 e. The summed E-state index contributed by atoms with van der Waals surface area (Å²) in [6.07, 6.45) is 0.922. The molecule has 2 rings (SSSR count). The lowest BCUT2D eigenvalue weighted by Crippen LogP contribution is -2.52. The second-order valence-corrected chi connectivity index (χ2v) is 6.38. The first kappa shape index (κ1) is 19.9. The molecule has 1 saturated heterocycles. The molecule has 1 aromatic carbocycles. The number of carbonyl (C=O) groups excluding carboxylic acids is 3. The predicted molar refractivity (Wildman–Crippen MR) is 98.3 cm³/mol. The highest BCUT2D eigenvalue weighted by Crippen LogP contribution is 2.13. The van der Waals surface area contributed by atoms with Gasteiger partial charge in [-0.15, -0.1) is 0 Å². The van der Waals surface area contributed by atoms with Crippen LogP contribution in [0.1, 0.15) is 30.6 Å². The van der Waals surface area contributed by atoms with E-state index in [1.807, 2.05) is 6.92 Å². The standard InChI is InChI=1S/C19H27N3O4/c1-3-8-20-18(24)13-21-9-11-22(12-10-21)19(25)14-26-17-6-4-16(5-7-17)15(2)23/h4-7H,3,8-14H2,1-2H3,(H,20,24). The zero-order chi connectivity index (χ0) is 18.9. The normalized spacial score (nSPS) is 14.8. The Labute approximate surface area is 154 Å². The van der Waals surface area contributed by atoms with E-state index in [9.17, 15) is 14.4 Å². The predicted octanol–water partition coefficient (Wildman–Crippen LogP) is 0.938. The molecule has 1 fully saturated rings.